The van der Waals surface area contributed by atoms with E-state index in [0.717, 1.165) is 10.0 Å². The summed E-state index contributed by atoms with van der Waals surface area (Å²) < 4.78 is 2.88. The number of halogens is 3. The maximum absolute atomic E-state index is 11.9. The van der Waals surface area contributed by atoms with Gasteiger partial charge in [0.2, 0.25) is 0 Å². The molecule has 2 aromatic rings. The molecule has 0 aliphatic rings. The van der Waals surface area contributed by atoms with Crippen molar-refractivity contribution in [2.75, 3.05) is 5.73 Å². The lowest BCUT2D eigenvalue weighted by Gasteiger charge is -2.09. The molecule has 1 aromatic heterocycles. The van der Waals surface area contributed by atoms with Crippen molar-refractivity contribution in [3.63, 3.8) is 0 Å². The van der Waals surface area contributed by atoms with Gasteiger partial charge in [-0.3, -0.25) is 4.79 Å². The largest absolute Gasteiger partial charge is 0.399 e. The second-order valence-electron chi connectivity index (χ2n) is 3.79. The molecule has 0 aliphatic carbocycles. The van der Waals surface area contributed by atoms with E-state index in [1.54, 1.807) is 35.0 Å². The molecule has 0 bridgehead atoms. The lowest BCUT2D eigenvalue weighted by molar-refractivity contribution is 0.752. The van der Waals surface area contributed by atoms with Crippen molar-refractivity contribution in [3.05, 3.63) is 60.3 Å². The Morgan fingerprint density at radius 2 is 2.00 bits per heavy atom. The Morgan fingerprint density at radius 1 is 1.28 bits per heavy atom. The predicted molar refractivity (Wildman–Crippen MR) is 81.1 cm³/mol. The number of hydrogen-bond acceptors (Lipinski definition) is 2. The molecule has 0 aliphatic heterocycles. The van der Waals surface area contributed by atoms with Crippen molar-refractivity contribution in [2.45, 2.75) is 6.54 Å². The van der Waals surface area contributed by atoms with Gasteiger partial charge in [0.15, 0.2) is 0 Å². The Bertz CT molecular complexity index is 655. The van der Waals surface area contributed by atoms with Crippen molar-refractivity contribution < 1.29 is 0 Å². The van der Waals surface area contributed by atoms with Crippen molar-refractivity contribution in [1.29, 1.82) is 0 Å². The van der Waals surface area contributed by atoms with Gasteiger partial charge in [0.05, 0.1) is 11.0 Å². The van der Waals surface area contributed by atoms with Crippen LogP contribution in [0.3, 0.4) is 0 Å². The average Bonchev–Trinajstić information content (AvgIpc) is 2.30. The fraction of sp³-hybridized carbons (Fsp3) is 0.0833. The lowest BCUT2D eigenvalue weighted by Crippen LogP contribution is -2.20. The minimum Gasteiger partial charge on any atom is -0.399 e. The highest BCUT2D eigenvalue weighted by Crippen LogP contribution is 2.20. The summed E-state index contributed by atoms with van der Waals surface area (Å²) >= 11 is 12.7. The van der Waals surface area contributed by atoms with Crippen LogP contribution in [0.4, 0.5) is 5.69 Å². The third kappa shape index (κ3) is 2.96. The van der Waals surface area contributed by atoms with Gasteiger partial charge in [-0.05, 0) is 61.7 Å². The maximum atomic E-state index is 11.9. The first kappa shape index (κ1) is 13.6. The molecule has 18 heavy (non-hydrogen) atoms. The van der Waals surface area contributed by atoms with Gasteiger partial charge >= 0.3 is 0 Å². The number of rotatable bonds is 2. The smallest absolute Gasteiger partial charge is 0.265 e. The van der Waals surface area contributed by atoms with E-state index in [9.17, 15) is 4.79 Å². The summed E-state index contributed by atoms with van der Waals surface area (Å²) in [6, 6.07) is 6.93. The fourth-order valence-electron chi connectivity index (χ4n) is 1.58. The molecular formula is C12H9Br2ClN2O. The first-order valence-corrected chi connectivity index (χ1v) is 7.03. The molecule has 0 fully saturated rings. The van der Waals surface area contributed by atoms with E-state index < -0.39 is 0 Å². The number of nitrogens with zero attached hydrogens (tertiary/aromatic N) is 1. The Hall–Kier alpha value is -0.780. The molecular weight excluding hydrogens is 383 g/mol. The first-order chi connectivity index (χ1) is 8.47. The van der Waals surface area contributed by atoms with Crippen molar-refractivity contribution in [1.82, 2.24) is 4.57 Å². The van der Waals surface area contributed by atoms with Gasteiger partial charge in [-0.25, -0.2) is 0 Å². The van der Waals surface area contributed by atoms with Crippen LogP contribution in [-0.4, -0.2) is 4.57 Å². The van der Waals surface area contributed by atoms with Crippen LogP contribution in [0, 0.1) is 0 Å². The molecule has 2 rings (SSSR count). The number of pyridine rings is 1. The molecule has 2 N–H and O–H groups in total. The molecule has 0 atom stereocenters. The second kappa shape index (κ2) is 5.47. The molecule has 6 heteroatoms. The minimum absolute atomic E-state index is 0.114. The zero-order valence-electron chi connectivity index (χ0n) is 9.16. The monoisotopic (exact) mass is 390 g/mol. The summed E-state index contributed by atoms with van der Waals surface area (Å²) in [6.45, 7) is 0.376. The van der Waals surface area contributed by atoms with Crippen molar-refractivity contribution in [2.24, 2.45) is 0 Å². The van der Waals surface area contributed by atoms with Gasteiger partial charge in [0.1, 0.15) is 0 Å². The first-order valence-electron chi connectivity index (χ1n) is 5.07. The summed E-state index contributed by atoms with van der Waals surface area (Å²) in [5.41, 5.74) is 7.03. The topological polar surface area (TPSA) is 48.0 Å². The van der Waals surface area contributed by atoms with Crippen LogP contribution in [0.15, 0.2) is 44.2 Å². The van der Waals surface area contributed by atoms with E-state index in [2.05, 4.69) is 31.9 Å². The number of nitrogen functional groups attached to an aromatic ring is 1. The van der Waals surface area contributed by atoms with Gasteiger partial charge in [-0.15, -0.1) is 0 Å². The minimum atomic E-state index is -0.114. The second-order valence-corrected chi connectivity index (χ2v) is 5.97. The predicted octanol–water partition coefficient (Wildman–Crippen LogP) is 3.66. The summed E-state index contributed by atoms with van der Waals surface area (Å²) in [5, 5.41) is 0.590. The Kier molecular flexibility index (Phi) is 4.14. The van der Waals surface area contributed by atoms with E-state index in [1.807, 2.05) is 0 Å². The van der Waals surface area contributed by atoms with E-state index in [1.165, 1.54) is 0 Å². The van der Waals surface area contributed by atoms with Crippen LogP contribution in [-0.2, 0) is 6.54 Å². The summed E-state index contributed by atoms with van der Waals surface area (Å²) in [6.07, 6.45) is 1.71. The van der Waals surface area contributed by atoms with Crippen LogP contribution < -0.4 is 11.3 Å². The SMILES string of the molecule is Nc1ccc(Cl)c(Cn2cc(Br)cc(Br)c2=O)c1. The summed E-state index contributed by atoms with van der Waals surface area (Å²) in [4.78, 5) is 11.9. The molecule has 0 saturated heterocycles. The Labute approximate surface area is 126 Å². The van der Waals surface area contributed by atoms with Gasteiger partial charge < -0.3 is 10.3 Å². The molecule has 0 saturated carbocycles. The average molecular weight is 392 g/mol. The van der Waals surface area contributed by atoms with Crippen LogP contribution in [0.25, 0.3) is 0 Å². The van der Waals surface area contributed by atoms with E-state index in [-0.39, 0.29) is 5.56 Å². The molecule has 3 nitrogen and oxygen atoms in total. The third-order valence-corrected chi connectivity index (χ3v) is 3.79. The number of anilines is 1. The van der Waals surface area contributed by atoms with E-state index in [4.69, 9.17) is 17.3 Å². The number of nitrogens with two attached hydrogens (primary N) is 1. The Balaban J connectivity index is 2.46. The van der Waals surface area contributed by atoms with Crippen molar-refractivity contribution in [3.8, 4) is 0 Å². The van der Waals surface area contributed by atoms with Gasteiger partial charge in [-0.2, -0.15) is 0 Å². The van der Waals surface area contributed by atoms with Crippen molar-refractivity contribution >= 4 is 49.1 Å². The van der Waals surface area contributed by atoms with Gasteiger partial charge in [0, 0.05) is 21.4 Å². The van der Waals surface area contributed by atoms with Crippen LogP contribution in [0.5, 0.6) is 0 Å². The number of aromatic nitrogens is 1. The zero-order valence-corrected chi connectivity index (χ0v) is 13.1. The normalized spacial score (nSPS) is 10.6. The fourth-order valence-corrected chi connectivity index (χ4v) is 3.02. The third-order valence-electron chi connectivity index (χ3n) is 2.42. The Morgan fingerprint density at radius 3 is 2.72 bits per heavy atom. The maximum Gasteiger partial charge on any atom is 0.265 e. The van der Waals surface area contributed by atoms with Gasteiger partial charge in [-0.1, -0.05) is 11.6 Å². The molecule has 0 unspecified atom stereocenters. The highest BCUT2D eigenvalue weighted by molar-refractivity contribution is 9.11. The van der Waals surface area contributed by atoms with E-state index in [0.29, 0.717) is 21.7 Å². The number of benzene rings is 1. The van der Waals surface area contributed by atoms with Crippen LogP contribution in [0.2, 0.25) is 5.02 Å². The van der Waals surface area contributed by atoms with E-state index >= 15 is 0 Å². The summed E-state index contributed by atoms with van der Waals surface area (Å²) in [5.74, 6) is 0. The molecule has 1 aromatic carbocycles. The molecule has 94 valence electrons. The van der Waals surface area contributed by atoms with Crippen LogP contribution >= 0.6 is 43.5 Å². The quantitative estimate of drug-likeness (QED) is 0.793. The molecule has 1 heterocycles. The highest BCUT2D eigenvalue weighted by atomic mass is 79.9. The molecule has 0 spiro atoms. The summed E-state index contributed by atoms with van der Waals surface area (Å²) in [7, 11) is 0. The standard InChI is InChI=1S/C12H9Br2ClN2O/c13-8-4-10(14)12(18)17(6-8)5-7-3-9(16)1-2-11(7)15/h1-4,6H,5,16H2. The number of hydrogen-bond donors (Lipinski definition) is 1. The lowest BCUT2D eigenvalue weighted by atomic mass is 10.2. The molecule has 0 amide bonds. The zero-order chi connectivity index (χ0) is 13.3. The van der Waals surface area contributed by atoms with Gasteiger partial charge in [0.25, 0.3) is 5.56 Å². The van der Waals surface area contributed by atoms with Crippen LogP contribution in [0.1, 0.15) is 5.56 Å². The highest BCUT2D eigenvalue weighted by Gasteiger charge is 2.07. The molecule has 0 radical (unpaired) electrons.